The minimum absolute atomic E-state index is 0.0382. The van der Waals surface area contributed by atoms with Gasteiger partial charge in [-0.3, -0.25) is 9.59 Å². The van der Waals surface area contributed by atoms with Crippen molar-refractivity contribution in [2.24, 2.45) is 11.1 Å². The molecule has 2 amide bonds. The summed E-state index contributed by atoms with van der Waals surface area (Å²) in [5.41, 5.74) is 7.10. The van der Waals surface area contributed by atoms with Crippen molar-refractivity contribution in [3.8, 4) is 0 Å². The molecule has 2 heterocycles. The number of hydrogen-bond acceptors (Lipinski definition) is 4. The third kappa shape index (κ3) is 4.76. The van der Waals surface area contributed by atoms with Crippen LogP contribution in [0.2, 0.25) is 0 Å². The molecule has 27 heavy (non-hydrogen) atoms. The van der Waals surface area contributed by atoms with Crippen LogP contribution < -0.4 is 11.1 Å². The number of likely N-dealkylation sites (tertiary alicyclic amines) is 1. The Labute approximate surface area is 164 Å². The molecule has 3 N–H and O–H groups in total. The fourth-order valence-corrected chi connectivity index (χ4v) is 4.10. The fraction of sp³-hybridized carbons (Fsp3) is 0.429. The minimum atomic E-state index is -0.591. The van der Waals surface area contributed by atoms with Crippen LogP contribution in [0.3, 0.4) is 0 Å². The first kappa shape index (κ1) is 19.6. The molecule has 1 saturated heterocycles. The molecule has 0 radical (unpaired) electrons. The number of rotatable bonds is 5. The smallest absolute Gasteiger partial charge is 0.262 e. The van der Waals surface area contributed by atoms with Crippen molar-refractivity contribution in [1.29, 1.82) is 0 Å². The molecule has 1 aliphatic heterocycles. The molecule has 6 heteroatoms. The number of carbonyl (C=O) groups excluding carboxylic acids is 2. The summed E-state index contributed by atoms with van der Waals surface area (Å²) in [5.74, 6) is -0.240. The largest absolute Gasteiger partial charge is 0.340 e. The zero-order valence-corrected chi connectivity index (χ0v) is 16.7. The number of piperidine rings is 1. The molecule has 5 nitrogen and oxygen atoms in total. The van der Waals surface area contributed by atoms with Crippen molar-refractivity contribution < 1.29 is 9.59 Å². The van der Waals surface area contributed by atoms with E-state index in [-0.39, 0.29) is 23.3 Å². The maximum absolute atomic E-state index is 13.3. The molecular formula is C21H27N3O2S. The van der Waals surface area contributed by atoms with Gasteiger partial charge in [0.15, 0.2) is 0 Å². The van der Waals surface area contributed by atoms with Crippen LogP contribution in [0.4, 0.5) is 0 Å². The lowest BCUT2D eigenvalue weighted by atomic mass is 9.79. The average molecular weight is 386 g/mol. The molecule has 0 bridgehead atoms. The number of benzene rings is 1. The molecule has 1 aromatic carbocycles. The topological polar surface area (TPSA) is 75.4 Å². The van der Waals surface area contributed by atoms with Crippen molar-refractivity contribution in [2.75, 3.05) is 13.1 Å². The Hall–Kier alpha value is -2.18. The lowest BCUT2D eigenvalue weighted by molar-refractivity contribution is -0.136. The van der Waals surface area contributed by atoms with Crippen LogP contribution in [-0.4, -0.2) is 41.9 Å². The second-order valence-electron chi connectivity index (χ2n) is 7.84. The van der Waals surface area contributed by atoms with E-state index in [1.54, 1.807) is 6.07 Å². The van der Waals surface area contributed by atoms with E-state index in [4.69, 9.17) is 5.73 Å². The molecule has 0 aliphatic carbocycles. The molecule has 1 aromatic heterocycles. The van der Waals surface area contributed by atoms with Crippen LogP contribution in [-0.2, 0) is 11.2 Å². The normalized spacial score (nSPS) is 20.1. The summed E-state index contributed by atoms with van der Waals surface area (Å²) in [6.07, 6.45) is 1.25. The first-order valence-electron chi connectivity index (χ1n) is 9.29. The number of nitrogens with zero attached hydrogens (tertiary/aromatic N) is 1. The van der Waals surface area contributed by atoms with Crippen LogP contribution in [0, 0.1) is 5.41 Å². The van der Waals surface area contributed by atoms with Gasteiger partial charge in [-0.05, 0) is 28.8 Å². The van der Waals surface area contributed by atoms with E-state index in [1.807, 2.05) is 46.7 Å². The number of hydrogen-bond donors (Lipinski definition) is 2. The quantitative estimate of drug-likeness (QED) is 0.831. The summed E-state index contributed by atoms with van der Waals surface area (Å²) < 4.78 is 0. The monoisotopic (exact) mass is 385 g/mol. The van der Waals surface area contributed by atoms with Gasteiger partial charge in [0.1, 0.15) is 6.04 Å². The van der Waals surface area contributed by atoms with E-state index in [0.717, 1.165) is 12.0 Å². The summed E-state index contributed by atoms with van der Waals surface area (Å²) in [6, 6.07) is 12.9. The Kier molecular flexibility index (Phi) is 5.97. The summed E-state index contributed by atoms with van der Waals surface area (Å²) >= 11 is 1.37. The Bertz CT molecular complexity index is 774. The summed E-state index contributed by atoms with van der Waals surface area (Å²) in [4.78, 5) is 28.3. The van der Waals surface area contributed by atoms with Gasteiger partial charge in [0, 0.05) is 25.6 Å². The molecule has 1 aliphatic rings. The summed E-state index contributed by atoms with van der Waals surface area (Å²) in [7, 11) is 0. The second kappa shape index (κ2) is 8.23. The zero-order valence-electron chi connectivity index (χ0n) is 15.9. The molecule has 144 valence electrons. The van der Waals surface area contributed by atoms with Crippen LogP contribution in [0.15, 0.2) is 47.8 Å². The fourth-order valence-electron chi connectivity index (χ4n) is 3.47. The van der Waals surface area contributed by atoms with Gasteiger partial charge in [0.2, 0.25) is 5.91 Å². The van der Waals surface area contributed by atoms with Gasteiger partial charge in [-0.25, -0.2) is 0 Å². The van der Waals surface area contributed by atoms with E-state index >= 15 is 0 Å². The molecule has 1 fully saturated rings. The maximum Gasteiger partial charge on any atom is 0.262 e. The third-order valence-electron chi connectivity index (χ3n) is 5.25. The van der Waals surface area contributed by atoms with Gasteiger partial charge in [-0.1, -0.05) is 50.2 Å². The Balaban J connectivity index is 1.78. The van der Waals surface area contributed by atoms with Gasteiger partial charge in [0.05, 0.1) is 4.88 Å². The van der Waals surface area contributed by atoms with Gasteiger partial charge >= 0.3 is 0 Å². The number of carbonyl (C=O) groups is 2. The first-order chi connectivity index (χ1) is 12.9. The molecule has 0 saturated carbocycles. The number of amides is 2. The second-order valence-corrected chi connectivity index (χ2v) is 8.78. The highest BCUT2D eigenvalue weighted by Crippen LogP contribution is 2.28. The van der Waals surface area contributed by atoms with Crippen LogP contribution >= 0.6 is 11.3 Å². The molecule has 2 unspecified atom stereocenters. The minimum Gasteiger partial charge on any atom is -0.340 e. The highest BCUT2D eigenvalue weighted by Gasteiger charge is 2.37. The molecule has 2 atom stereocenters. The third-order valence-corrected chi connectivity index (χ3v) is 6.12. The standard InChI is InChI=1S/C21H27N3O2S/c1-21(2)14-24(11-10-18(21)22)20(26)16(13-15-7-4-3-5-8-15)23-19(25)17-9-6-12-27-17/h3-9,12,16,18H,10-11,13-14,22H2,1-2H3,(H,23,25). The van der Waals surface area contributed by atoms with E-state index in [0.29, 0.717) is 24.4 Å². The van der Waals surface area contributed by atoms with Crippen LogP contribution in [0.5, 0.6) is 0 Å². The number of nitrogens with two attached hydrogens (primary N) is 1. The number of nitrogens with one attached hydrogen (secondary N) is 1. The molecule has 3 rings (SSSR count). The van der Waals surface area contributed by atoms with Crippen molar-refractivity contribution in [2.45, 2.75) is 38.8 Å². The zero-order chi connectivity index (χ0) is 19.4. The van der Waals surface area contributed by atoms with E-state index < -0.39 is 6.04 Å². The Morgan fingerprint density at radius 3 is 2.63 bits per heavy atom. The Morgan fingerprint density at radius 1 is 1.26 bits per heavy atom. The highest BCUT2D eigenvalue weighted by atomic mass is 32.1. The SMILES string of the molecule is CC1(C)CN(C(=O)C(Cc2ccccc2)NC(=O)c2cccs2)CCC1N. The van der Waals surface area contributed by atoms with Crippen molar-refractivity contribution >= 4 is 23.2 Å². The van der Waals surface area contributed by atoms with Gasteiger partial charge in [0.25, 0.3) is 5.91 Å². The molecule has 2 aromatic rings. The molecular weight excluding hydrogens is 358 g/mol. The lowest BCUT2D eigenvalue weighted by Crippen LogP contribution is -2.58. The number of thiophene rings is 1. The maximum atomic E-state index is 13.3. The van der Waals surface area contributed by atoms with Crippen molar-refractivity contribution in [3.05, 3.63) is 58.3 Å². The van der Waals surface area contributed by atoms with Crippen LogP contribution in [0.1, 0.15) is 35.5 Å². The molecule has 0 spiro atoms. The summed E-state index contributed by atoms with van der Waals surface area (Å²) in [5, 5.41) is 4.81. The van der Waals surface area contributed by atoms with Crippen LogP contribution in [0.25, 0.3) is 0 Å². The summed E-state index contributed by atoms with van der Waals surface area (Å²) in [6.45, 7) is 5.41. The predicted octanol–water partition coefficient (Wildman–Crippen LogP) is 2.67. The van der Waals surface area contributed by atoms with Gasteiger partial charge < -0.3 is 16.0 Å². The Morgan fingerprint density at radius 2 is 2.00 bits per heavy atom. The van der Waals surface area contributed by atoms with Gasteiger partial charge in [-0.15, -0.1) is 11.3 Å². The van der Waals surface area contributed by atoms with Gasteiger partial charge in [-0.2, -0.15) is 0 Å². The highest BCUT2D eigenvalue weighted by molar-refractivity contribution is 7.12. The first-order valence-corrected chi connectivity index (χ1v) is 10.2. The van der Waals surface area contributed by atoms with E-state index in [2.05, 4.69) is 19.2 Å². The van der Waals surface area contributed by atoms with Crippen molar-refractivity contribution in [1.82, 2.24) is 10.2 Å². The van der Waals surface area contributed by atoms with E-state index in [9.17, 15) is 9.59 Å². The lowest BCUT2D eigenvalue weighted by Gasteiger charge is -2.43. The predicted molar refractivity (Wildman–Crippen MR) is 109 cm³/mol. The van der Waals surface area contributed by atoms with Crippen molar-refractivity contribution in [3.63, 3.8) is 0 Å². The average Bonchev–Trinajstić information content (AvgIpc) is 3.18. The van der Waals surface area contributed by atoms with E-state index in [1.165, 1.54) is 11.3 Å².